The Hall–Kier alpha value is -2.20. The molecule has 0 bridgehead atoms. The van der Waals surface area contributed by atoms with Crippen molar-refractivity contribution in [2.45, 2.75) is 20.8 Å². The molecule has 0 aliphatic carbocycles. The predicted molar refractivity (Wildman–Crippen MR) is 84.7 cm³/mol. The Morgan fingerprint density at radius 3 is 2.00 bits per heavy atom. The number of aliphatic hydroxyl groups is 1. The first-order valence-corrected chi connectivity index (χ1v) is 6.07. The van der Waals surface area contributed by atoms with Gasteiger partial charge in [-0.25, -0.2) is 0 Å². The maximum atomic E-state index is 8.90. The molecule has 0 rings (SSSR count). The van der Waals surface area contributed by atoms with Crippen LogP contribution in [0.5, 0.6) is 0 Å². The van der Waals surface area contributed by atoms with Gasteiger partial charge in [-0.05, 0) is 42.2 Å². The zero-order chi connectivity index (χ0) is 15.0. The van der Waals surface area contributed by atoms with Crippen molar-refractivity contribution in [1.82, 2.24) is 0 Å². The summed E-state index contributed by atoms with van der Waals surface area (Å²) < 4.78 is 0. The minimum absolute atomic E-state index is 0.0225. The van der Waals surface area contributed by atoms with E-state index in [-0.39, 0.29) is 5.76 Å². The first-order valence-electron chi connectivity index (χ1n) is 6.07. The van der Waals surface area contributed by atoms with Crippen molar-refractivity contribution < 1.29 is 5.11 Å². The van der Waals surface area contributed by atoms with Crippen LogP contribution in [0.1, 0.15) is 20.8 Å². The summed E-state index contributed by atoms with van der Waals surface area (Å²) in [5.41, 5.74) is 3.46. The number of hydrogen-bond acceptors (Lipinski definition) is 1. The summed E-state index contributed by atoms with van der Waals surface area (Å²) in [6, 6.07) is 0. The lowest BCUT2D eigenvalue weighted by atomic mass is 9.97. The second-order valence-corrected chi connectivity index (χ2v) is 4.63. The first-order chi connectivity index (χ1) is 8.73. The molecule has 0 fully saturated rings. The molecule has 0 radical (unpaired) electrons. The molecule has 1 nitrogen and oxygen atoms in total. The van der Waals surface area contributed by atoms with Crippen molar-refractivity contribution in [2.24, 2.45) is 5.92 Å². The summed E-state index contributed by atoms with van der Waals surface area (Å²) in [5.74, 6) is 6.15. The third-order valence-electron chi connectivity index (χ3n) is 2.45. The van der Waals surface area contributed by atoms with Crippen LogP contribution >= 0.6 is 0 Å². The van der Waals surface area contributed by atoms with Crippen molar-refractivity contribution in [1.29, 1.82) is 0 Å². The molecular weight excluding hydrogens is 232 g/mol. The molecule has 0 aromatic carbocycles. The van der Waals surface area contributed by atoms with Gasteiger partial charge in [0.05, 0.1) is 0 Å². The highest BCUT2D eigenvalue weighted by atomic mass is 16.3. The number of rotatable bonds is 5. The summed E-state index contributed by atoms with van der Waals surface area (Å²) in [7, 11) is 0. The van der Waals surface area contributed by atoms with Crippen LogP contribution in [0.2, 0.25) is 0 Å². The van der Waals surface area contributed by atoms with E-state index in [1.54, 1.807) is 6.08 Å². The van der Waals surface area contributed by atoms with E-state index < -0.39 is 0 Å². The highest BCUT2D eigenvalue weighted by Gasteiger charge is 2.01. The van der Waals surface area contributed by atoms with E-state index in [4.69, 9.17) is 5.11 Å². The van der Waals surface area contributed by atoms with Gasteiger partial charge in [-0.1, -0.05) is 52.0 Å². The van der Waals surface area contributed by atoms with Crippen molar-refractivity contribution in [2.75, 3.05) is 0 Å². The van der Waals surface area contributed by atoms with Gasteiger partial charge >= 0.3 is 0 Å². The van der Waals surface area contributed by atoms with E-state index in [1.807, 2.05) is 13.0 Å². The van der Waals surface area contributed by atoms with Crippen LogP contribution in [-0.4, -0.2) is 5.11 Å². The lowest BCUT2D eigenvalue weighted by Crippen LogP contribution is -1.93. The van der Waals surface area contributed by atoms with Crippen LogP contribution < -0.4 is 0 Å². The van der Waals surface area contributed by atoms with Crippen molar-refractivity contribution in [3.63, 3.8) is 0 Å². The van der Waals surface area contributed by atoms with E-state index in [2.05, 4.69) is 52.0 Å². The Morgan fingerprint density at radius 2 is 1.53 bits per heavy atom. The Bertz CT molecular complexity index is 514. The summed E-state index contributed by atoms with van der Waals surface area (Å²) in [6.45, 7) is 21.2. The van der Waals surface area contributed by atoms with Crippen molar-refractivity contribution in [3.8, 4) is 11.8 Å². The smallest absolute Gasteiger partial charge is 0.108 e. The molecule has 0 heterocycles. The molecule has 0 spiro atoms. The lowest BCUT2D eigenvalue weighted by molar-refractivity contribution is 0.435. The number of aliphatic hydroxyl groups excluding tert-OH is 1. The van der Waals surface area contributed by atoms with Crippen molar-refractivity contribution >= 4 is 0 Å². The van der Waals surface area contributed by atoms with Gasteiger partial charge in [0.15, 0.2) is 0 Å². The fourth-order valence-corrected chi connectivity index (χ4v) is 1.24. The monoisotopic (exact) mass is 254 g/mol. The van der Waals surface area contributed by atoms with Crippen LogP contribution in [0.4, 0.5) is 0 Å². The van der Waals surface area contributed by atoms with Crippen LogP contribution in [0.25, 0.3) is 0 Å². The lowest BCUT2D eigenvalue weighted by Gasteiger charge is -2.09. The highest BCUT2D eigenvalue weighted by Crippen LogP contribution is 2.17. The van der Waals surface area contributed by atoms with Crippen LogP contribution in [0.15, 0.2) is 72.6 Å². The van der Waals surface area contributed by atoms with E-state index in [0.29, 0.717) is 17.1 Å². The van der Waals surface area contributed by atoms with Crippen LogP contribution in [0, 0.1) is 17.8 Å². The summed E-state index contributed by atoms with van der Waals surface area (Å²) >= 11 is 0. The fourth-order valence-electron chi connectivity index (χ4n) is 1.24. The molecule has 0 amide bonds. The molecule has 0 aliphatic heterocycles. The zero-order valence-electron chi connectivity index (χ0n) is 12.1. The second-order valence-electron chi connectivity index (χ2n) is 4.63. The Kier molecular flexibility index (Phi) is 7.07. The third kappa shape index (κ3) is 7.68. The normalized spacial score (nSPS) is 11.1. The zero-order valence-corrected chi connectivity index (χ0v) is 12.1. The summed E-state index contributed by atoms with van der Waals surface area (Å²) in [5, 5.41) is 8.90. The van der Waals surface area contributed by atoms with Gasteiger partial charge in [-0.3, -0.25) is 0 Å². The average molecular weight is 254 g/mol. The molecule has 0 aliphatic rings. The highest BCUT2D eigenvalue weighted by molar-refractivity contribution is 5.47. The van der Waals surface area contributed by atoms with Crippen LogP contribution in [-0.2, 0) is 0 Å². The van der Waals surface area contributed by atoms with Gasteiger partial charge in [0.2, 0.25) is 0 Å². The largest absolute Gasteiger partial charge is 0.509 e. The second kappa shape index (κ2) is 8.00. The van der Waals surface area contributed by atoms with Crippen LogP contribution in [0.3, 0.4) is 0 Å². The Balaban J connectivity index is 4.73. The quantitative estimate of drug-likeness (QED) is 0.421. The Labute approximate surface area is 117 Å². The maximum absolute atomic E-state index is 8.90. The molecule has 0 atom stereocenters. The SMILES string of the molecule is C=C(O)/C=C\C(=C)C#CC(=C)/C=C(/C)C(=C)C(C)C. The summed E-state index contributed by atoms with van der Waals surface area (Å²) in [6.07, 6.45) is 4.96. The van der Waals surface area contributed by atoms with E-state index in [1.165, 1.54) is 6.08 Å². The minimum Gasteiger partial charge on any atom is -0.509 e. The number of allylic oxidation sites excluding steroid dienone is 7. The molecule has 0 aromatic rings. The molecule has 0 aromatic heterocycles. The molecule has 0 unspecified atom stereocenters. The predicted octanol–water partition coefficient (Wildman–Crippen LogP) is 4.89. The summed E-state index contributed by atoms with van der Waals surface area (Å²) in [4.78, 5) is 0. The molecule has 1 N–H and O–H groups in total. The molecular formula is C18H22O. The third-order valence-corrected chi connectivity index (χ3v) is 2.45. The molecule has 0 saturated heterocycles. The fraction of sp³-hybridized carbons (Fsp3) is 0.222. The minimum atomic E-state index is -0.0225. The topological polar surface area (TPSA) is 20.2 Å². The van der Waals surface area contributed by atoms with Crippen molar-refractivity contribution in [3.05, 3.63) is 72.6 Å². The maximum Gasteiger partial charge on any atom is 0.108 e. The molecule has 19 heavy (non-hydrogen) atoms. The van der Waals surface area contributed by atoms with Gasteiger partial charge in [0, 0.05) is 11.1 Å². The average Bonchev–Trinajstić information content (AvgIpc) is 2.32. The molecule has 0 saturated carbocycles. The van der Waals surface area contributed by atoms with Gasteiger partial charge < -0.3 is 5.11 Å². The van der Waals surface area contributed by atoms with Gasteiger partial charge in [-0.2, -0.15) is 0 Å². The number of hydrogen-bond donors (Lipinski definition) is 1. The Morgan fingerprint density at radius 1 is 1.00 bits per heavy atom. The van der Waals surface area contributed by atoms with Gasteiger partial charge in [-0.15, -0.1) is 0 Å². The van der Waals surface area contributed by atoms with Gasteiger partial charge in [0.1, 0.15) is 5.76 Å². The first kappa shape index (κ1) is 16.8. The van der Waals surface area contributed by atoms with E-state index in [0.717, 1.165) is 11.1 Å². The standard InChI is InChI=1S/C18H22O/c1-13(2)18(7)16(5)12-15(4)9-8-14(3)10-11-17(6)19/h10-13,19H,3-4,6-7H2,1-2,5H3/b11-10-,16-12-. The van der Waals surface area contributed by atoms with Gasteiger partial charge in [0.25, 0.3) is 0 Å². The van der Waals surface area contributed by atoms with E-state index >= 15 is 0 Å². The molecule has 1 heteroatoms. The van der Waals surface area contributed by atoms with E-state index in [9.17, 15) is 0 Å². The molecule has 100 valence electrons.